The molecule has 1 rings (SSSR count). The van der Waals surface area contributed by atoms with Gasteiger partial charge in [-0.3, -0.25) is 4.79 Å². The van der Waals surface area contributed by atoms with Crippen molar-refractivity contribution in [3.05, 3.63) is 24.3 Å². The molecule has 1 aromatic carbocycles. The number of benzene rings is 1. The lowest BCUT2D eigenvalue weighted by molar-refractivity contribution is -0.119. The molecule has 0 radical (unpaired) electrons. The van der Waals surface area contributed by atoms with Crippen LogP contribution in [0.3, 0.4) is 0 Å². The molecule has 0 spiro atoms. The Bertz CT molecular complexity index is 505. The van der Waals surface area contributed by atoms with Gasteiger partial charge in [-0.05, 0) is 36.5 Å². The van der Waals surface area contributed by atoms with Gasteiger partial charge in [-0.15, -0.1) is 0 Å². The van der Waals surface area contributed by atoms with Crippen molar-refractivity contribution in [1.29, 1.82) is 0 Å². The maximum Gasteiger partial charge on any atom is 0.228 e. The van der Waals surface area contributed by atoms with E-state index in [2.05, 4.69) is 16.0 Å². The standard InChI is InChI=1S/C12H14Cl3N3O2S/c1-7(19)16-10(12(13,14)15)18-11(21)17-8-3-5-9(20-2)6-4-8/h3-6,10H,1-2H3,(H,16,19)(H2,17,18,21)/t10-/m0/s1. The third kappa shape index (κ3) is 6.56. The van der Waals surface area contributed by atoms with Crippen molar-refractivity contribution in [3.63, 3.8) is 0 Å². The SMILES string of the molecule is COc1ccc(NC(=S)N[C@H](NC(C)=O)C(Cl)(Cl)Cl)cc1. The van der Waals surface area contributed by atoms with Gasteiger partial charge in [0.2, 0.25) is 9.70 Å². The molecular weight excluding hydrogens is 357 g/mol. The van der Waals surface area contributed by atoms with E-state index in [4.69, 9.17) is 51.8 Å². The first kappa shape index (κ1) is 18.1. The smallest absolute Gasteiger partial charge is 0.228 e. The van der Waals surface area contributed by atoms with E-state index in [0.29, 0.717) is 0 Å². The summed E-state index contributed by atoms with van der Waals surface area (Å²) >= 11 is 22.5. The molecule has 0 heterocycles. The second-order valence-electron chi connectivity index (χ2n) is 4.00. The average molecular weight is 371 g/mol. The van der Waals surface area contributed by atoms with Gasteiger partial charge in [-0.1, -0.05) is 34.8 Å². The summed E-state index contributed by atoms with van der Waals surface area (Å²) in [6, 6.07) is 7.08. The van der Waals surface area contributed by atoms with Crippen LogP contribution in [0.2, 0.25) is 0 Å². The molecule has 1 amide bonds. The number of ether oxygens (including phenoxy) is 1. The second-order valence-corrected chi connectivity index (χ2v) is 6.78. The summed E-state index contributed by atoms with van der Waals surface area (Å²) in [6.07, 6.45) is -0.960. The monoisotopic (exact) mass is 369 g/mol. The van der Waals surface area contributed by atoms with Crippen LogP contribution >= 0.6 is 47.0 Å². The molecule has 0 bridgehead atoms. The van der Waals surface area contributed by atoms with E-state index < -0.39 is 9.96 Å². The Balaban J connectivity index is 2.66. The fourth-order valence-corrected chi connectivity index (χ4v) is 1.94. The Kier molecular flexibility index (Phi) is 6.80. The number of amides is 1. The summed E-state index contributed by atoms with van der Waals surface area (Å²) < 4.78 is 3.30. The van der Waals surface area contributed by atoms with Crippen molar-refractivity contribution in [1.82, 2.24) is 10.6 Å². The van der Waals surface area contributed by atoms with Crippen molar-refractivity contribution in [3.8, 4) is 5.75 Å². The highest BCUT2D eigenvalue weighted by atomic mass is 35.6. The van der Waals surface area contributed by atoms with Crippen LogP contribution in [-0.2, 0) is 4.79 Å². The molecule has 3 N–H and O–H groups in total. The molecule has 0 aliphatic carbocycles. The predicted molar refractivity (Wildman–Crippen MR) is 90.2 cm³/mol. The van der Waals surface area contributed by atoms with Gasteiger partial charge in [-0.25, -0.2) is 0 Å². The van der Waals surface area contributed by atoms with Crippen molar-refractivity contribution in [2.75, 3.05) is 12.4 Å². The van der Waals surface area contributed by atoms with Gasteiger partial charge < -0.3 is 20.7 Å². The zero-order chi connectivity index (χ0) is 16.0. The van der Waals surface area contributed by atoms with Gasteiger partial charge in [0.1, 0.15) is 11.9 Å². The van der Waals surface area contributed by atoms with Crippen LogP contribution in [-0.4, -0.2) is 28.1 Å². The van der Waals surface area contributed by atoms with Gasteiger partial charge in [0.15, 0.2) is 5.11 Å². The molecule has 0 unspecified atom stereocenters. The van der Waals surface area contributed by atoms with E-state index in [1.54, 1.807) is 31.4 Å². The Morgan fingerprint density at radius 2 is 1.81 bits per heavy atom. The summed E-state index contributed by atoms with van der Waals surface area (Å²) in [4.78, 5) is 11.1. The van der Waals surface area contributed by atoms with Crippen LogP contribution in [0.4, 0.5) is 5.69 Å². The lowest BCUT2D eigenvalue weighted by atomic mass is 10.3. The van der Waals surface area contributed by atoms with Gasteiger partial charge in [0, 0.05) is 12.6 Å². The summed E-state index contributed by atoms with van der Waals surface area (Å²) in [5.41, 5.74) is 0.721. The second kappa shape index (κ2) is 7.89. The summed E-state index contributed by atoms with van der Waals surface area (Å²) in [6.45, 7) is 1.31. The first-order chi connectivity index (χ1) is 9.72. The number of carbonyl (C=O) groups excluding carboxylic acids is 1. The predicted octanol–water partition coefficient (Wildman–Crippen LogP) is 2.81. The first-order valence-corrected chi connectivity index (χ1v) is 7.32. The third-order valence-corrected chi connectivity index (χ3v) is 3.17. The number of thiocarbonyl (C=S) groups is 1. The molecule has 0 saturated heterocycles. The normalized spacial score (nSPS) is 12.2. The molecule has 0 aromatic heterocycles. The number of rotatable bonds is 4. The van der Waals surface area contributed by atoms with E-state index in [1.165, 1.54) is 6.92 Å². The Labute approximate surface area is 143 Å². The lowest BCUT2D eigenvalue weighted by Gasteiger charge is -2.27. The maximum absolute atomic E-state index is 11.1. The maximum atomic E-state index is 11.1. The largest absolute Gasteiger partial charge is 0.497 e. The molecule has 1 aromatic rings. The van der Waals surface area contributed by atoms with Gasteiger partial charge in [0.05, 0.1) is 7.11 Å². The molecule has 0 aliphatic rings. The van der Waals surface area contributed by atoms with Crippen LogP contribution < -0.4 is 20.7 Å². The number of hydrogen-bond donors (Lipinski definition) is 3. The molecule has 0 saturated carbocycles. The van der Waals surface area contributed by atoms with Crippen molar-refractivity contribution >= 4 is 63.7 Å². The van der Waals surface area contributed by atoms with E-state index in [1.807, 2.05) is 0 Å². The van der Waals surface area contributed by atoms with Crippen molar-refractivity contribution in [2.24, 2.45) is 0 Å². The molecule has 9 heteroatoms. The lowest BCUT2D eigenvalue weighted by Crippen LogP contribution is -2.55. The number of alkyl halides is 3. The van der Waals surface area contributed by atoms with Gasteiger partial charge >= 0.3 is 0 Å². The van der Waals surface area contributed by atoms with Crippen LogP contribution in [0.1, 0.15) is 6.92 Å². The average Bonchev–Trinajstić information content (AvgIpc) is 2.37. The zero-order valence-electron chi connectivity index (χ0n) is 11.2. The van der Waals surface area contributed by atoms with Crippen LogP contribution in [0, 0.1) is 0 Å². The minimum atomic E-state index is -1.75. The van der Waals surface area contributed by atoms with E-state index in [-0.39, 0.29) is 11.0 Å². The van der Waals surface area contributed by atoms with Gasteiger partial charge in [-0.2, -0.15) is 0 Å². The molecular formula is C12H14Cl3N3O2S. The quantitative estimate of drug-likeness (QED) is 0.432. The fourth-order valence-electron chi connectivity index (χ4n) is 1.38. The Morgan fingerprint density at radius 3 is 2.24 bits per heavy atom. The highest BCUT2D eigenvalue weighted by molar-refractivity contribution is 7.80. The van der Waals surface area contributed by atoms with E-state index >= 15 is 0 Å². The number of nitrogens with one attached hydrogen (secondary N) is 3. The summed E-state index contributed by atoms with van der Waals surface area (Å²) in [5.74, 6) is 0.364. The Hall–Kier alpha value is -0.950. The molecule has 0 fully saturated rings. The van der Waals surface area contributed by atoms with Crippen LogP contribution in [0.5, 0.6) is 5.75 Å². The molecule has 116 valence electrons. The van der Waals surface area contributed by atoms with E-state index in [0.717, 1.165) is 11.4 Å². The zero-order valence-corrected chi connectivity index (χ0v) is 14.3. The topological polar surface area (TPSA) is 62.4 Å². The van der Waals surface area contributed by atoms with Crippen molar-refractivity contribution in [2.45, 2.75) is 16.9 Å². The number of hydrogen-bond acceptors (Lipinski definition) is 3. The van der Waals surface area contributed by atoms with Gasteiger partial charge in [0.25, 0.3) is 0 Å². The first-order valence-electron chi connectivity index (χ1n) is 5.77. The third-order valence-electron chi connectivity index (χ3n) is 2.30. The molecule has 21 heavy (non-hydrogen) atoms. The number of halogens is 3. The Morgan fingerprint density at radius 1 is 1.24 bits per heavy atom. The summed E-state index contributed by atoms with van der Waals surface area (Å²) in [5, 5.41) is 8.29. The minimum absolute atomic E-state index is 0.199. The van der Waals surface area contributed by atoms with Crippen LogP contribution in [0.25, 0.3) is 0 Å². The molecule has 1 atom stereocenters. The number of anilines is 1. The minimum Gasteiger partial charge on any atom is -0.497 e. The molecule has 0 aliphatic heterocycles. The fraction of sp³-hybridized carbons (Fsp3) is 0.333. The summed E-state index contributed by atoms with van der Waals surface area (Å²) in [7, 11) is 1.58. The van der Waals surface area contributed by atoms with Crippen LogP contribution in [0.15, 0.2) is 24.3 Å². The highest BCUT2D eigenvalue weighted by Gasteiger charge is 2.33. The highest BCUT2D eigenvalue weighted by Crippen LogP contribution is 2.29. The number of methoxy groups -OCH3 is 1. The van der Waals surface area contributed by atoms with Crippen molar-refractivity contribution < 1.29 is 9.53 Å². The van der Waals surface area contributed by atoms with E-state index in [9.17, 15) is 4.79 Å². The number of carbonyl (C=O) groups is 1. The molecule has 5 nitrogen and oxygen atoms in total.